The number of aliphatic hydroxyl groups is 1. The lowest BCUT2D eigenvalue weighted by Crippen LogP contribution is -1.99. The Labute approximate surface area is 134 Å². The molecule has 0 bridgehead atoms. The van der Waals surface area contributed by atoms with E-state index in [1.165, 1.54) is 0 Å². The predicted molar refractivity (Wildman–Crippen MR) is 88.9 cm³/mol. The van der Waals surface area contributed by atoms with Crippen molar-refractivity contribution in [2.45, 2.75) is 20.1 Å². The van der Waals surface area contributed by atoms with E-state index in [0.717, 1.165) is 32.8 Å². The normalized spacial score (nSPS) is 10.9. The summed E-state index contributed by atoms with van der Waals surface area (Å²) in [6.07, 6.45) is 3.54. The molecule has 1 N–H and O–H groups in total. The van der Waals surface area contributed by atoms with Gasteiger partial charge in [-0.15, -0.1) is 0 Å². The van der Waals surface area contributed by atoms with Crippen LogP contribution in [0.2, 0.25) is 5.02 Å². The summed E-state index contributed by atoms with van der Waals surface area (Å²) in [5, 5.41) is 14.1. The van der Waals surface area contributed by atoms with Gasteiger partial charge in [0.2, 0.25) is 0 Å². The van der Waals surface area contributed by atoms with Crippen molar-refractivity contribution in [2.24, 2.45) is 0 Å². The SMILES string of the molecule is Cc1c(Cl)cccc1-c1ccc(Cn2cc(CO)cn2)cc1. The second-order valence-electron chi connectivity index (χ2n) is 5.31. The van der Waals surface area contributed by atoms with Gasteiger partial charge in [-0.2, -0.15) is 5.10 Å². The van der Waals surface area contributed by atoms with Crippen LogP contribution < -0.4 is 0 Å². The fourth-order valence-electron chi connectivity index (χ4n) is 2.47. The van der Waals surface area contributed by atoms with Gasteiger partial charge in [-0.25, -0.2) is 0 Å². The lowest BCUT2D eigenvalue weighted by Gasteiger charge is -2.09. The van der Waals surface area contributed by atoms with Gasteiger partial charge in [-0.05, 0) is 35.2 Å². The molecular weight excluding hydrogens is 296 g/mol. The van der Waals surface area contributed by atoms with Crippen LogP contribution in [0.25, 0.3) is 11.1 Å². The Kier molecular flexibility index (Phi) is 4.27. The molecule has 0 saturated heterocycles. The average molecular weight is 313 g/mol. The highest BCUT2D eigenvalue weighted by molar-refractivity contribution is 6.31. The van der Waals surface area contributed by atoms with E-state index < -0.39 is 0 Å². The summed E-state index contributed by atoms with van der Waals surface area (Å²) >= 11 is 6.19. The Morgan fingerprint density at radius 1 is 1.09 bits per heavy atom. The van der Waals surface area contributed by atoms with Crippen molar-refractivity contribution in [3.8, 4) is 11.1 Å². The Hall–Kier alpha value is -2.10. The summed E-state index contributed by atoms with van der Waals surface area (Å²) in [4.78, 5) is 0. The summed E-state index contributed by atoms with van der Waals surface area (Å²) in [5.74, 6) is 0. The molecule has 0 atom stereocenters. The monoisotopic (exact) mass is 312 g/mol. The zero-order valence-corrected chi connectivity index (χ0v) is 13.1. The molecule has 0 amide bonds. The summed E-state index contributed by atoms with van der Waals surface area (Å²) in [6.45, 7) is 2.74. The van der Waals surface area contributed by atoms with E-state index in [4.69, 9.17) is 16.7 Å². The number of hydrogen-bond donors (Lipinski definition) is 1. The lowest BCUT2D eigenvalue weighted by atomic mass is 9.99. The highest BCUT2D eigenvalue weighted by Crippen LogP contribution is 2.28. The van der Waals surface area contributed by atoms with Crippen LogP contribution in [0.1, 0.15) is 16.7 Å². The molecule has 0 saturated carbocycles. The van der Waals surface area contributed by atoms with Gasteiger partial charge in [-0.3, -0.25) is 4.68 Å². The lowest BCUT2D eigenvalue weighted by molar-refractivity contribution is 0.281. The Morgan fingerprint density at radius 3 is 2.55 bits per heavy atom. The second-order valence-corrected chi connectivity index (χ2v) is 5.72. The molecule has 22 heavy (non-hydrogen) atoms. The van der Waals surface area contributed by atoms with Crippen LogP contribution in [0.3, 0.4) is 0 Å². The number of benzene rings is 2. The smallest absolute Gasteiger partial charge is 0.0712 e. The molecule has 0 aliphatic rings. The van der Waals surface area contributed by atoms with E-state index in [2.05, 4.69) is 35.4 Å². The first kappa shape index (κ1) is 14.8. The molecule has 4 heteroatoms. The van der Waals surface area contributed by atoms with Crippen LogP contribution in [0.4, 0.5) is 0 Å². The minimum atomic E-state index is 0.0208. The van der Waals surface area contributed by atoms with E-state index in [9.17, 15) is 0 Å². The number of nitrogens with zero attached hydrogens (tertiary/aromatic N) is 2. The number of rotatable bonds is 4. The molecule has 0 unspecified atom stereocenters. The molecule has 0 aliphatic heterocycles. The molecule has 1 aromatic heterocycles. The molecule has 0 radical (unpaired) electrons. The van der Waals surface area contributed by atoms with Crippen molar-refractivity contribution in [3.63, 3.8) is 0 Å². The van der Waals surface area contributed by atoms with Gasteiger partial charge in [-0.1, -0.05) is 48.0 Å². The summed E-state index contributed by atoms with van der Waals surface area (Å²) in [5.41, 5.74) is 5.39. The Balaban J connectivity index is 1.82. The minimum absolute atomic E-state index is 0.0208. The van der Waals surface area contributed by atoms with Gasteiger partial charge >= 0.3 is 0 Å². The van der Waals surface area contributed by atoms with Crippen molar-refractivity contribution < 1.29 is 5.11 Å². The van der Waals surface area contributed by atoms with Gasteiger partial charge in [0.15, 0.2) is 0 Å². The first-order valence-corrected chi connectivity index (χ1v) is 7.52. The van der Waals surface area contributed by atoms with E-state index in [1.54, 1.807) is 6.20 Å². The Morgan fingerprint density at radius 2 is 1.86 bits per heavy atom. The van der Waals surface area contributed by atoms with E-state index in [0.29, 0.717) is 6.54 Å². The van der Waals surface area contributed by atoms with E-state index in [1.807, 2.05) is 29.9 Å². The molecule has 3 rings (SSSR count). The molecule has 3 nitrogen and oxygen atoms in total. The van der Waals surface area contributed by atoms with Gasteiger partial charge in [0, 0.05) is 16.8 Å². The zero-order valence-electron chi connectivity index (χ0n) is 12.3. The van der Waals surface area contributed by atoms with Crippen molar-refractivity contribution in [2.75, 3.05) is 0 Å². The van der Waals surface area contributed by atoms with Crippen LogP contribution in [0.15, 0.2) is 54.9 Å². The largest absolute Gasteiger partial charge is 0.392 e. The topological polar surface area (TPSA) is 38.0 Å². The van der Waals surface area contributed by atoms with Crippen LogP contribution >= 0.6 is 11.6 Å². The summed E-state index contributed by atoms with van der Waals surface area (Å²) < 4.78 is 1.82. The molecule has 1 heterocycles. The van der Waals surface area contributed by atoms with Gasteiger partial charge in [0.1, 0.15) is 0 Å². The maximum absolute atomic E-state index is 9.06. The standard InChI is InChI=1S/C18H17ClN2O/c1-13-17(3-2-4-18(13)19)16-7-5-14(6-8-16)10-21-11-15(12-22)9-20-21/h2-9,11,22H,10,12H2,1H3. The Bertz CT molecular complexity index is 778. The van der Waals surface area contributed by atoms with Gasteiger partial charge in [0.25, 0.3) is 0 Å². The third-order valence-electron chi connectivity index (χ3n) is 3.75. The summed E-state index contributed by atoms with van der Waals surface area (Å²) in [6, 6.07) is 14.3. The van der Waals surface area contributed by atoms with Crippen LogP contribution in [-0.4, -0.2) is 14.9 Å². The minimum Gasteiger partial charge on any atom is -0.392 e. The van der Waals surface area contributed by atoms with Crippen molar-refractivity contribution in [1.29, 1.82) is 0 Å². The predicted octanol–water partition coefficient (Wildman–Crippen LogP) is 4.05. The molecule has 112 valence electrons. The first-order chi connectivity index (χ1) is 10.7. The van der Waals surface area contributed by atoms with Gasteiger partial charge < -0.3 is 5.11 Å². The maximum Gasteiger partial charge on any atom is 0.0712 e. The number of hydrogen-bond acceptors (Lipinski definition) is 2. The van der Waals surface area contributed by atoms with Crippen molar-refractivity contribution in [3.05, 3.63) is 76.6 Å². The molecule has 0 aliphatic carbocycles. The van der Waals surface area contributed by atoms with Gasteiger partial charge in [0.05, 0.1) is 19.3 Å². The van der Waals surface area contributed by atoms with Crippen LogP contribution in [0.5, 0.6) is 0 Å². The fourth-order valence-corrected chi connectivity index (χ4v) is 2.65. The first-order valence-electron chi connectivity index (χ1n) is 7.14. The molecular formula is C18H17ClN2O. The third-order valence-corrected chi connectivity index (χ3v) is 4.16. The second kappa shape index (κ2) is 6.34. The molecule has 0 spiro atoms. The van der Waals surface area contributed by atoms with E-state index in [-0.39, 0.29) is 6.61 Å². The third kappa shape index (κ3) is 3.06. The maximum atomic E-state index is 9.06. The quantitative estimate of drug-likeness (QED) is 0.789. The average Bonchev–Trinajstić information content (AvgIpc) is 2.99. The molecule has 0 fully saturated rings. The van der Waals surface area contributed by atoms with Crippen LogP contribution in [-0.2, 0) is 13.2 Å². The molecule has 3 aromatic rings. The van der Waals surface area contributed by atoms with E-state index >= 15 is 0 Å². The van der Waals surface area contributed by atoms with Crippen LogP contribution in [0, 0.1) is 6.92 Å². The number of aromatic nitrogens is 2. The number of halogens is 1. The number of aliphatic hydroxyl groups excluding tert-OH is 1. The van der Waals surface area contributed by atoms with Crippen molar-refractivity contribution in [1.82, 2.24) is 9.78 Å². The zero-order chi connectivity index (χ0) is 15.5. The molecule has 2 aromatic carbocycles. The fraction of sp³-hybridized carbons (Fsp3) is 0.167. The summed E-state index contributed by atoms with van der Waals surface area (Å²) in [7, 11) is 0. The highest BCUT2D eigenvalue weighted by atomic mass is 35.5. The highest BCUT2D eigenvalue weighted by Gasteiger charge is 2.05. The van der Waals surface area contributed by atoms with Crippen molar-refractivity contribution >= 4 is 11.6 Å².